The van der Waals surface area contributed by atoms with Crippen LogP contribution in [0.4, 0.5) is 0 Å². The van der Waals surface area contributed by atoms with Crippen molar-refractivity contribution in [1.29, 1.82) is 0 Å². The summed E-state index contributed by atoms with van der Waals surface area (Å²) in [4.78, 5) is 0. The van der Waals surface area contributed by atoms with Gasteiger partial charge in [0.15, 0.2) is 0 Å². The molecular formula is C15H21BrN2O. The first-order chi connectivity index (χ1) is 9.19. The molecule has 1 fully saturated rings. The highest BCUT2D eigenvalue weighted by Crippen LogP contribution is 2.40. The Morgan fingerprint density at radius 3 is 2.95 bits per heavy atom. The normalized spacial score (nSPS) is 20.8. The topological polar surface area (TPSA) is 47.3 Å². The molecule has 0 amide bonds. The predicted octanol–water partition coefficient (Wildman–Crippen LogP) is 2.80. The summed E-state index contributed by atoms with van der Waals surface area (Å²) >= 11 is 3.60. The molecule has 3 rings (SSSR count). The minimum Gasteiger partial charge on any atom is -0.493 e. The van der Waals surface area contributed by atoms with Crippen LogP contribution >= 0.6 is 15.9 Å². The molecule has 1 aliphatic heterocycles. The number of hydrogen-bond donors (Lipinski definition) is 2. The molecule has 0 radical (unpaired) electrons. The van der Waals surface area contributed by atoms with Gasteiger partial charge in [0, 0.05) is 16.9 Å². The molecular weight excluding hydrogens is 304 g/mol. The summed E-state index contributed by atoms with van der Waals surface area (Å²) in [6.07, 6.45) is 4.66. The van der Waals surface area contributed by atoms with Crippen LogP contribution in [0.25, 0.3) is 0 Å². The highest BCUT2D eigenvalue weighted by Gasteiger charge is 2.33. The summed E-state index contributed by atoms with van der Waals surface area (Å²) < 4.78 is 6.94. The first-order valence-electron chi connectivity index (χ1n) is 7.09. The van der Waals surface area contributed by atoms with Crippen molar-refractivity contribution in [3.63, 3.8) is 0 Å². The van der Waals surface area contributed by atoms with Crippen LogP contribution in [0, 0.1) is 11.8 Å². The molecule has 1 aromatic carbocycles. The average molecular weight is 325 g/mol. The van der Waals surface area contributed by atoms with E-state index in [2.05, 4.69) is 40.4 Å². The third-order valence-electron chi connectivity index (χ3n) is 4.48. The quantitative estimate of drug-likeness (QED) is 0.646. The predicted molar refractivity (Wildman–Crippen MR) is 80.0 cm³/mol. The first kappa shape index (κ1) is 13.4. The first-order valence-corrected chi connectivity index (χ1v) is 7.88. The van der Waals surface area contributed by atoms with Crippen LogP contribution in [0.1, 0.15) is 30.9 Å². The summed E-state index contributed by atoms with van der Waals surface area (Å²) in [5, 5.41) is 0. The lowest BCUT2D eigenvalue weighted by Gasteiger charge is -2.24. The molecule has 4 heteroatoms. The number of hydrazine groups is 1. The molecule has 2 aliphatic rings. The molecule has 1 heterocycles. The molecule has 0 spiro atoms. The largest absolute Gasteiger partial charge is 0.493 e. The van der Waals surface area contributed by atoms with Crippen molar-refractivity contribution in [2.45, 2.75) is 38.6 Å². The van der Waals surface area contributed by atoms with E-state index < -0.39 is 0 Å². The van der Waals surface area contributed by atoms with Gasteiger partial charge in [-0.2, -0.15) is 0 Å². The number of halogens is 1. The van der Waals surface area contributed by atoms with Crippen molar-refractivity contribution in [2.24, 2.45) is 17.7 Å². The van der Waals surface area contributed by atoms with Crippen molar-refractivity contribution in [3.05, 3.63) is 27.7 Å². The van der Waals surface area contributed by atoms with E-state index in [9.17, 15) is 0 Å². The molecule has 1 aliphatic carbocycles. The zero-order valence-corrected chi connectivity index (χ0v) is 12.9. The summed E-state index contributed by atoms with van der Waals surface area (Å²) in [6, 6.07) is 4.67. The van der Waals surface area contributed by atoms with E-state index in [-0.39, 0.29) is 0 Å². The van der Waals surface area contributed by atoms with Crippen LogP contribution in [0.2, 0.25) is 0 Å². The molecule has 0 aromatic heterocycles. The highest BCUT2D eigenvalue weighted by atomic mass is 79.9. The van der Waals surface area contributed by atoms with Crippen LogP contribution in [0.15, 0.2) is 16.6 Å². The van der Waals surface area contributed by atoms with Gasteiger partial charge in [0.2, 0.25) is 0 Å². The number of fused-ring (bicyclic) bond motifs is 1. The molecule has 2 atom stereocenters. The summed E-state index contributed by atoms with van der Waals surface area (Å²) in [6.45, 7) is 3.11. The van der Waals surface area contributed by atoms with Gasteiger partial charge in [0.05, 0.1) is 6.61 Å². The van der Waals surface area contributed by atoms with Gasteiger partial charge in [0.1, 0.15) is 5.75 Å². The second-order valence-corrected chi connectivity index (χ2v) is 6.74. The van der Waals surface area contributed by atoms with Crippen molar-refractivity contribution >= 4 is 15.9 Å². The molecule has 19 heavy (non-hydrogen) atoms. The Morgan fingerprint density at radius 1 is 1.47 bits per heavy atom. The third-order valence-corrected chi connectivity index (χ3v) is 4.94. The molecule has 0 bridgehead atoms. The maximum atomic E-state index is 5.80. The zero-order valence-electron chi connectivity index (χ0n) is 11.3. The third kappa shape index (κ3) is 2.81. The van der Waals surface area contributed by atoms with Crippen molar-refractivity contribution in [3.8, 4) is 5.75 Å². The Kier molecular flexibility index (Phi) is 3.83. The summed E-state index contributed by atoms with van der Waals surface area (Å²) in [7, 11) is 0. The zero-order chi connectivity index (χ0) is 13.4. The number of nitrogens with two attached hydrogens (primary N) is 1. The molecule has 1 saturated carbocycles. The number of ether oxygens (including phenoxy) is 1. The number of rotatable bonds is 5. The molecule has 1 aromatic rings. The van der Waals surface area contributed by atoms with Crippen LogP contribution < -0.4 is 16.0 Å². The molecule has 2 unspecified atom stereocenters. The number of nitrogens with one attached hydrogen (secondary N) is 1. The fourth-order valence-corrected chi connectivity index (χ4v) is 3.63. The molecule has 0 saturated heterocycles. The van der Waals surface area contributed by atoms with Crippen molar-refractivity contribution in [2.75, 3.05) is 6.61 Å². The maximum Gasteiger partial charge on any atom is 0.125 e. The fourth-order valence-electron chi connectivity index (χ4n) is 3.08. The van der Waals surface area contributed by atoms with Gasteiger partial charge in [-0.1, -0.05) is 22.9 Å². The standard InChI is InChI=1S/C15H21BrN2O/c1-9(10-2-3-10)14(18-17)8-12-7-13(16)6-11-4-5-19-15(11)12/h6-7,9-10,14,18H,2-5,8,17H2,1H3. The van der Waals surface area contributed by atoms with Crippen LogP contribution in [0.5, 0.6) is 5.75 Å². The highest BCUT2D eigenvalue weighted by molar-refractivity contribution is 9.10. The van der Waals surface area contributed by atoms with Gasteiger partial charge in [-0.15, -0.1) is 0 Å². The lowest BCUT2D eigenvalue weighted by Crippen LogP contribution is -2.42. The lowest BCUT2D eigenvalue weighted by atomic mass is 9.91. The van der Waals surface area contributed by atoms with E-state index in [0.29, 0.717) is 12.0 Å². The molecule has 3 nitrogen and oxygen atoms in total. The van der Waals surface area contributed by atoms with Gasteiger partial charge in [-0.3, -0.25) is 11.3 Å². The maximum absolute atomic E-state index is 5.80. The molecule has 3 N–H and O–H groups in total. The fraction of sp³-hybridized carbons (Fsp3) is 0.600. The van der Waals surface area contributed by atoms with E-state index in [4.69, 9.17) is 10.6 Å². The SMILES string of the molecule is CC(C1CC1)C(Cc1cc(Br)cc2c1OCC2)NN. The Morgan fingerprint density at radius 2 is 2.26 bits per heavy atom. The Bertz CT molecular complexity index is 473. The monoisotopic (exact) mass is 324 g/mol. The Balaban J connectivity index is 1.81. The number of benzene rings is 1. The van der Waals surface area contributed by atoms with Gasteiger partial charge >= 0.3 is 0 Å². The summed E-state index contributed by atoms with van der Waals surface area (Å²) in [5.74, 6) is 8.33. The van der Waals surface area contributed by atoms with Crippen molar-refractivity contribution in [1.82, 2.24) is 5.43 Å². The average Bonchev–Trinajstić information content (AvgIpc) is 3.14. The van der Waals surface area contributed by atoms with Gasteiger partial charge in [-0.05, 0) is 54.4 Å². The minimum absolute atomic E-state index is 0.329. The minimum atomic E-state index is 0.329. The van der Waals surface area contributed by atoms with E-state index in [1.165, 1.54) is 24.0 Å². The van der Waals surface area contributed by atoms with E-state index in [1.54, 1.807) is 0 Å². The van der Waals surface area contributed by atoms with Crippen LogP contribution in [-0.2, 0) is 12.8 Å². The van der Waals surface area contributed by atoms with E-state index in [0.717, 1.165) is 35.6 Å². The second-order valence-electron chi connectivity index (χ2n) is 5.83. The summed E-state index contributed by atoms with van der Waals surface area (Å²) in [5.41, 5.74) is 5.61. The number of hydrogen-bond acceptors (Lipinski definition) is 3. The van der Waals surface area contributed by atoms with E-state index >= 15 is 0 Å². The van der Waals surface area contributed by atoms with E-state index in [1.807, 2.05) is 0 Å². The smallest absolute Gasteiger partial charge is 0.125 e. The van der Waals surface area contributed by atoms with Gasteiger partial charge < -0.3 is 4.74 Å². The van der Waals surface area contributed by atoms with Gasteiger partial charge in [-0.25, -0.2) is 0 Å². The second kappa shape index (κ2) is 5.43. The Hall–Kier alpha value is -0.580. The lowest BCUT2D eigenvalue weighted by molar-refractivity contribution is 0.329. The molecule has 104 valence electrons. The Labute approximate surface area is 123 Å². The van der Waals surface area contributed by atoms with Gasteiger partial charge in [0.25, 0.3) is 0 Å². The van der Waals surface area contributed by atoms with Crippen molar-refractivity contribution < 1.29 is 4.74 Å². The van der Waals surface area contributed by atoms with Crippen LogP contribution in [0.3, 0.4) is 0 Å². The van der Waals surface area contributed by atoms with Crippen LogP contribution in [-0.4, -0.2) is 12.6 Å².